The summed E-state index contributed by atoms with van der Waals surface area (Å²) >= 11 is 0. The van der Waals surface area contributed by atoms with Gasteiger partial charge in [0.1, 0.15) is 5.91 Å². The molecule has 0 spiro atoms. The molecule has 2 nitrogen and oxygen atoms in total. The van der Waals surface area contributed by atoms with Crippen LogP contribution >= 0.6 is 0 Å². The van der Waals surface area contributed by atoms with E-state index in [2.05, 4.69) is 47.3 Å². The zero-order chi connectivity index (χ0) is 12.8. The first-order valence-corrected chi connectivity index (χ1v) is 12.0. The van der Waals surface area contributed by atoms with Crippen LogP contribution in [0.5, 0.6) is 0 Å². The highest BCUT2D eigenvalue weighted by molar-refractivity contribution is 6.76. The molecule has 98 valence electrons. The number of rotatable bonds is 8. The van der Waals surface area contributed by atoms with Crippen LogP contribution in [0.25, 0.3) is 0 Å². The van der Waals surface area contributed by atoms with Crippen molar-refractivity contribution in [2.24, 2.45) is 0 Å². The SMILES string of the molecule is CC(C)OC(OC(C)C)[SiH2]CC[Si](C)(C)C. The van der Waals surface area contributed by atoms with Crippen LogP contribution in [0.15, 0.2) is 0 Å². The Morgan fingerprint density at radius 1 is 0.938 bits per heavy atom. The molecule has 16 heavy (non-hydrogen) atoms. The molecule has 0 unspecified atom stereocenters. The average molecular weight is 263 g/mol. The monoisotopic (exact) mass is 262 g/mol. The van der Waals surface area contributed by atoms with Gasteiger partial charge in [0, 0.05) is 8.07 Å². The lowest BCUT2D eigenvalue weighted by atomic mass is 10.5. The van der Waals surface area contributed by atoms with E-state index in [-0.39, 0.29) is 27.6 Å². The molecule has 0 saturated carbocycles. The Bertz CT molecular complexity index is 166. The van der Waals surface area contributed by atoms with Crippen LogP contribution in [0.2, 0.25) is 31.7 Å². The zero-order valence-corrected chi connectivity index (χ0v) is 14.6. The first kappa shape index (κ1) is 16.4. The van der Waals surface area contributed by atoms with Gasteiger partial charge in [-0.3, -0.25) is 0 Å². The number of ether oxygens (including phenoxy) is 2. The van der Waals surface area contributed by atoms with E-state index in [4.69, 9.17) is 9.47 Å². The van der Waals surface area contributed by atoms with E-state index < -0.39 is 8.07 Å². The topological polar surface area (TPSA) is 18.5 Å². The second-order valence-electron chi connectivity index (χ2n) is 6.25. The fraction of sp³-hybridized carbons (Fsp3) is 1.00. The number of hydrogen-bond donors (Lipinski definition) is 0. The van der Waals surface area contributed by atoms with Gasteiger partial charge in [0.25, 0.3) is 0 Å². The summed E-state index contributed by atoms with van der Waals surface area (Å²) in [5.74, 6) is 0.122. The van der Waals surface area contributed by atoms with E-state index in [1.165, 1.54) is 12.1 Å². The predicted molar refractivity (Wildman–Crippen MR) is 77.7 cm³/mol. The molecule has 0 aromatic carbocycles. The molecule has 0 atom stereocenters. The maximum atomic E-state index is 5.83. The average Bonchev–Trinajstić information content (AvgIpc) is 1.98. The van der Waals surface area contributed by atoms with Crippen LogP contribution in [0.1, 0.15) is 27.7 Å². The molecular formula is C12H30O2Si2. The molecule has 0 N–H and O–H groups in total. The molecule has 0 rings (SSSR count). The van der Waals surface area contributed by atoms with Crippen molar-refractivity contribution in [1.29, 1.82) is 0 Å². The van der Waals surface area contributed by atoms with Gasteiger partial charge < -0.3 is 9.47 Å². The highest BCUT2D eigenvalue weighted by Crippen LogP contribution is 2.13. The summed E-state index contributed by atoms with van der Waals surface area (Å²) in [5, 5.41) is 0. The molecule has 4 heteroatoms. The van der Waals surface area contributed by atoms with Gasteiger partial charge in [0.15, 0.2) is 0 Å². The predicted octanol–water partition coefficient (Wildman–Crippen LogP) is 3.05. The Morgan fingerprint density at radius 3 is 1.69 bits per heavy atom. The van der Waals surface area contributed by atoms with Crippen LogP contribution in [-0.4, -0.2) is 35.7 Å². The van der Waals surface area contributed by atoms with Crippen LogP contribution in [-0.2, 0) is 9.47 Å². The van der Waals surface area contributed by atoms with Crippen LogP contribution in [0.3, 0.4) is 0 Å². The summed E-state index contributed by atoms with van der Waals surface area (Å²) in [5.41, 5.74) is 0. The Labute approximate surface area is 105 Å². The fourth-order valence-electron chi connectivity index (χ4n) is 1.57. The molecule has 0 amide bonds. The smallest absolute Gasteiger partial charge is 0.135 e. The quantitative estimate of drug-likeness (QED) is 0.494. The van der Waals surface area contributed by atoms with Crippen molar-refractivity contribution in [1.82, 2.24) is 0 Å². The molecule has 0 fully saturated rings. The van der Waals surface area contributed by atoms with Gasteiger partial charge in [-0.05, 0) is 27.7 Å². The third kappa shape index (κ3) is 10.9. The minimum absolute atomic E-state index is 0.122. The largest absolute Gasteiger partial charge is 0.354 e. The highest BCUT2D eigenvalue weighted by atomic mass is 28.3. The molecular weight excluding hydrogens is 232 g/mol. The molecule has 0 aromatic heterocycles. The molecule has 0 bridgehead atoms. The Kier molecular flexibility index (Phi) is 7.80. The summed E-state index contributed by atoms with van der Waals surface area (Å²) in [6.45, 7) is 15.6. The van der Waals surface area contributed by atoms with Gasteiger partial charge in [-0.25, -0.2) is 0 Å². The lowest BCUT2D eigenvalue weighted by molar-refractivity contribution is -0.134. The number of hydrogen-bond acceptors (Lipinski definition) is 2. The third-order valence-corrected chi connectivity index (χ3v) is 6.39. The first-order valence-electron chi connectivity index (χ1n) is 6.51. The molecule has 0 saturated heterocycles. The first-order chi connectivity index (χ1) is 7.20. The van der Waals surface area contributed by atoms with Crippen molar-refractivity contribution >= 4 is 17.6 Å². The summed E-state index contributed by atoms with van der Waals surface area (Å²) < 4.78 is 11.7. The van der Waals surface area contributed by atoms with Gasteiger partial charge >= 0.3 is 0 Å². The van der Waals surface area contributed by atoms with E-state index >= 15 is 0 Å². The van der Waals surface area contributed by atoms with Gasteiger partial charge in [0.2, 0.25) is 0 Å². The fourth-order valence-corrected chi connectivity index (χ4v) is 8.01. The van der Waals surface area contributed by atoms with Crippen LogP contribution in [0.4, 0.5) is 0 Å². The minimum Gasteiger partial charge on any atom is -0.354 e. The van der Waals surface area contributed by atoms with Crippen molar-refractivity contribution in [2.45, 2.75) is 77.5 Å². The molecule has 0 heterocycles. The maximum Gasteiger partial charge on any atom is 0.135 e. The van der Waals surface area contributed by atoms with E-state index in [0.29, 0.717) is 0 Å². The molecule has 0 aromatic rings. The standard InChI is InChI=1S/C12H30O2Si2/c1-10(2)13-12(14-11(3)4)15-8-9-16(5,6)7/h10-12H,8-9,15H2,1-7H3. The zero-order valence-electron chi connectivity index (χ0n) is 12.2. The lowest BCUT2D eigenvalue weighted by Gasteiger charge is -2.24. The van der Waals surface area contributed by atoms with E-state index in [1.807, 2.05) is 0 Å². The van der Waals surface area contributed by atoms with E-state index in [1.54, 1.807) is 0 Å². The second kappa shape index (κ2) is 7.64. The van der Waals surface area contributed by atoms with Crippen LogP contribution < -0.4 is 0 Å². The Hall–Kier alpha value is 0.354. The Morgan fingerprint density at radius 2 is 1.38 bits per heavy atom. The van der Waals surface area contributed by atoms with Crippen molar-refractivity contribution < 1.29 is 9.47 Å². The van der Waals surface area contributed by atoms with Gasteiger partial charge in [-0.2, -0.15) is 0 Å². The molecule has 0 aliphatic rings. The summed E-state index contributed by atoms with van der Waals surface area (Å²) in [6, 6.07) is 2.78. The summed E-state index contributed by atoms with van der Waals surface area (Å²) in [6.07, 6.45) is 0.561. The van der Waals surface area contributed by atoms with Crippen molar-refractivity contribution in [3.8, 4) is 0 Å². The second-order valence-corrected chi connectivity index (χ2v) is 13.8. The third-order valence-electron chi connectivity index (χ3n) is 2.21. The minimum atomic E-state index is -0.880. The van der Waals surface area contributed by atoms with E-state index in [9.17, 15) is 0 Å². The normalized spacial score (nSPS) is 13.9. The highest BCUT2D eigenvalue weighted by Gasteiger charge is 2.17. The van der Waals surface area contributed by atoms with Crippen molar-refractivity contribution in [3.63, 3.8) is 0 Å². The maximum absolute atomic E-state index is 5.83. The summed E-state index contributed by atoms with van der Waals surface area (Å²) in [4.78, 5) is 0. The van der Waals surface area contributed by atoms with Gasteiger partial charge in [0.05, 0.1) is 21.7 Å². The van der Waals surface area contributed by atoms with Gasteiger partial charge in [-0.15, -0.1) is 0 Å². The summed E-state index contributed by atoms with van der Waals surface area (Å²) in [7, 11) is -1.13. The van der Waals surface area contributed by atoms with Crippen molar-refractivity contribution in [2.75, 3.05) is 0 Å². The Balaban J connectivity index is 3.92. The lowest BCUT2D eigenvalue weighted by Crippen LogP contribution is -2.31. The molecule has 0 aliphatic heterocycles. The van der Waals surface area contributed by atoms with Crippen molar-refractivity contribution in [3.05, 3.63) is 0 Å². The molecule has 0 aliphatic carbocycles. The van der Waals surface area contributed by atoms with Gasteiger partial charge in [-0.1, -0.05) is 31.7 Å². The van der Waals surface area contributed by atoms with E-state index in [0.717, 1.165) is 0 Å². The van der Waals surface area contributed by atoms with Crippen LogP contribution in [0, 0.1) is 0 Å². The molecule has 0 radical (unpaired) electrons.